The summed E-state index contributed by atoms with van der Waals surface area (Å²) in [4.78, 5) is 15.9. The lowest BCUT2D eigenvalue weighted by Crippen LogP contribution is -2.27. The molecule has 0 atom stereocenters. The van der Waals surface area contributed by atoms with Crippen LogP contribution in [0.25, 0.3) is 0 Å². The molecule has 7 nitrogen and oxygen atoms in total. The number of nitrogens with zero attached hydrogens (tertiary/aromatic N) is 2. The van der Waals surface area contributed by atoms with Crippen molar-refractivity contribution in [2.45, 2.75) is 39.5 Å². The van der Waals surface area contributed by atoms with Gasteiger partial charge in [0.15, 0.2) is 0 Å². The van der Waals surface area contributed by atoms with Gasteiger partial charge in [0.25, 0.3) is 0 Å². The molecule has 0 radical (unpaired) electrons. The van der Waals surface area contributed by atoms with Crippen LogP contribution in [-0.2, 0) is 17.8 Å². The summed E-state index contributed by atoms with van der Waals surface area (Å²) >= 11 is 3.39. The molecule has 2 aromatic heterocycles. The fraction of sp³-hybridized carbons (Fsp3) is 0.400. The normalized spacial score (nSPS) is 11.3. The number of hydrogen-bond acceptors (Lipinski definition) is 5. The first kappa shape index (κ1) is 17.4. The summed E-state index contributed by atoms with van der Waals surface area (Å²) in [6.45, 7) is 6.65. The van der Waals surface area contributed by atoms with Crippen LogP contribution < -0.4 is 10.6 Å². The molecular formula is C15H20BrN5O2. The second kappa shape index (κ2) is 7.56. The Morgan fingerprint density at radius 3 is 2.78 bits per heavy atom. The van der Waals surface area contributed by atoms with Crippen molar-refractivity contribution in [2.75, 3.05) is 5.32 Å². The maximum absolute atomic E-state index is 11.8. The number of ether oxygens (including phenoxy) is 1. The van der Waals surface area contributed by atoms with Crippen LogP contribution in [-0.4, -0.2) is 26.9 Å². The van der Waals surface area contributed by atoms with Gasteiger partial charge in [-0.05, 0) is 48.3 Å². The van der Waals surface area contributed by atoms with Crippen LogP contribution in [0.1, 0.15) is 31.9 Å². The molecule has 0 bridgehead atoms. The van der Waals surface area contributed by atoms with Gasteiger partial charge in [0.2, 0.25) is 0 Å². The van der Waals surface area contributed by atoms with E-state index in [2.05, 4.69) is 41.7 Å². The van der Waals surface area contributed by atoms with Crippen LogP contribution >= 0.6 is 15.9 Å². The zero-order valence-corrected chi connectivity index (χ0v) is 14.9. The molecule has 0 fully saturated rings. The highest BCUT2D eigenvalue weighted by Gasteiger charge is 2.17. The Balaban J connectivity index is 1.87. The molecule has 0 saturated carbocycles. The fourth-order valence-corrected chi connectivity index (χ4v) is 2.27. The van der Waals surface area contributed by atoms with Crippen molar-refractivity contribution in [1.82, 2.24) is 20.5 Å². The highest BCUT2D eigenvalue weighted by Crippen LogP contribution is 2.14. The summed E-state index contributed by atoms with van der Waals surface area (Å²) in [6.07, 6.45) is 4.69. The van der Waals surface area contributed by atoms with Gasteiger partial charge in [-0.15, -0.1) is 0 Å². The van der Waals surface area contributed by atoms with Gasteiger partial charge < -0.3 is 10.1 Å². The smallest absolute Gasteiger partial charge is 0.413 e. The van der Waals surface area contributed by atoms with Crippen LogP contribution in [0.5, 0.6) is 0 Å². The molecule has 0 aliphatic rings. The first-order valence-corrected chi connectivity index (χ1v) is 7.95. The third-order valence-electron chi connectivity index (χ3n) is 2.75. The average molecular weight is 382 g/mol. The molecule has 0 unspecified atom stereocenters. The fourth-order valence-electron chi connectivity index (χ4n) is 1.85. The van der Waals surface area contributed by atoms with Gasteiger partial charge in [0.05, 0.1) is 6.20 Å². The summed E-state index contributed by atoms with van der Waals surface area (Å²) < 4.78 is 6.16. The molecule has 3 N–H and O–H groups in total. The molecular weight excluding hydrogens is 362 g/mol. The molecule has 0 aromatic carbocycles. The molecule has 8 heteroatoms. The SMILES string of the molecule is CC(C)(C)OC(=O)Nc1[nH]ncc1CNCc1cncc(Br)c1. The lowest BCUT2D eigenvalue weighted by Gasteiger charge is -2.19. The monoisotopic (exact) mass is 381 g/mol. The number of H-pyrrole nitrogens is 1. The third kappa shape index (κ3) is 5.99. The van der Waals surface area contributed by atoms with Crippen molar-refractivity contribution in [3.05, 3.63) is 40.3 Å². The van der Waals surface area contributed by atoms with E-state index < -0.39 is 11.7 Å². The maximum atomic E-state index is 11.8. The van der Waals surface area contributed by atoms with Crippen molar-refractivity contribution >= 4 is 27.8 Å². The van der Waals surface area contributed by atoms with E-state index in [1.807, 2.05) is 26.8 Å². The number of carbonyl (C=O) groups is 1. The molecule has 0 spiro atoms. The predicted octanol–water partition coefficient (Wildman–Crippen LogP) is 3.20. The number of hydrogen-bond donors (Lipinski definition) is 3. The van der Waals surface area contributed by atoms with Gasteiger partial charge in [0, 0.05) is 35.5 Å². The van der Waals surface area contributed by atoms with Crippen LogP contribution in [0.2, 0.25) is 0 Å². The molecule has 23 heavy (non-hydrogen) atoms. The zero-order valence-electron chi connectivity index (χ0n) is 13.3. The predicted molar refractivity (Wildman–Crippen MR) is 90.9 cm³/mol. The number of carbonyl (C=O) groups excluding carboxylic acids is 1. The molecule has 1 amide bonds. The van der Waals surface area contributed by atoms with Crippen molar-refractivity contribution < 1.29 is 9.53 Å². The molecule has 0 aliphatic heterocycles. The van der Waals surface area contributed by atoms with Gasteiger partial charge in [0.1, 0.15) is 11.4 Å². The summed E-state index contributed by atoms with van der Waals surface area (Å²) in [7, 11) is 0. The van der Waals surface area contributed by atoms with E-state index in [0.29, 0.717) is 18.9 Å². The molecule has 0 aliphatic carbocycles. The number of amides is 1. The van der Waals surface area contributed by atoms with Crippen molar-refractivity contribution in [2.24, 2.45) is 0 Å². The van der Waals surface area contributed by atoms with Gasteiger partial charge in [-0.1, -0.05) is 0 Å². The van der Waals surface area contributed by atoms with E-state index in [4.69, 9.17) is 4.74 Å². The number of pyridine rings is 1. The average Bonchev–Trinajstić information content (AvgIpc) is 2.84. The third-order valence-corrected chi connectivity index (χ3v) is 3.18. The van der Waals surface area contributed by atoms with E-state index in [9.17, 15) is 4.79 Å². The first-order valence-electron chi connectivity index (χ1n) is 7.16. The highest BCUT2D eigenvalue weighted by atomic mass is 79.9. The Morgan fingerprint density at radius 1 is 1.30 bits per heavy atom. The molecule has 2 rings (SSSR count). The number of rotatable bonds is 5. The molecule has 2 heterocycles. The number of aromatic nitrogens is 3. The minimum atomic E-state index is -0.545. The van der Waals surface area contributed by atoms with E-state index in [-0.39, 0.29) is 0 Å². The number of anilines is 1. The van der Waals surface area contributed by atoms with Gasteiger partial charge in [-0.25, -0.2) is 4.79 Å². The standard InChI is InChI=1S/C15H20BrN5O2/c1-15(2,3)23-14(22)20-13-11(8-19-21-13)7-17-5-10-4-12(16)9-18-6-10/h4,6,8-9,17H,5,7H2,1-3H3,(H2,19,20,21,22). The van der Waals surface area contributed by atoms with Crippen LogP contribution in [0.4, 0.5) is 10.6 Å². The van der Waals surface area contributed by atoms with Crippen molar-refractivity contribution in [3.8, 4) is 0 Å². The minimum Gasteiger partial charge on any atom is -0.444 e. The number of nitrogens with one attached hydrogen (secondary N) is 3. The minimum absolute atomic E-state index is 0.515. The highest BCUT2D eigenvalue weighted by molar-refractivity contribution is 9.10. The molecule has 2 aromatic rings. The van der Waals surface area contributed by atoms with Gasteiger partial charge >= 0.3 is 6.09 Å². The van der Waals surface area contributed by atoms with Gasteiger partial charge in [-0.2, -0.15) is 5.10 Å². The van der Waals surface area contributed by atoms with Gasteiger partial charge in [-0.3, -0.25) is 15.4 Å². The lowest BCUT2D eigenvalue weighted by molar-refractivity contribution is 0.0635. The second-order valence-corrected chi connectivity index (χ2v) is 6.93. The zero-order chi connectivity index (χ0) is 16.9. The molecule has 124 valence electrons. The Bertz CT molecular complexity index is 666. The Labute approximate surface area is 143 Å². The summed E-state index contributed by atoms with van der Waals surface area (Å²) in [5.74, 6) is 0.527. The Hall–Kier alpha value is -1.93. The lowest BCUT2D eigenvalue weighted by atomic mass is 10.2. The van der Waals surface area contributed by atoms with E-state index >= 15 is 0 Å². The van der Waals surface area contributed by atoms with Crippen LogP contribution in [0, 0.1) is 0 Å². The Morgan fingerprint density at radius 2 is 2.09 bits per heavy atom. The summed E-state index contributed by atoms with van der Waals surface area (Å²) in [5.41, 5.74) is 1.36. The number of halogens is 1. The van der Waals surface area contributed by atoms with Crippen molar-refractivity contribution in [3.63, 3.8) is 0 Å². The number of aromatic amines is 1. The van der Waals surface area contributed by atoms with E-state index in [1.165, 1.54) is 0 Å². The topological polar surface area (TPSA) is 91.9 Å². The van der Waals surface area contributed by atoms with Crippen LogP contribution in [0.3, 0.4) is 0 Å². The van der Waals surface area contributed by atoms with Crippen LogP contribution in [0.15, 0.2) is 29.1 Å². The summed E-state index contributed by atoms with van der Waals surface area (Å²) in [5, 5.41) is 12.7. The quantitative estimate of drug-likeness (QED) is 0.739. The second-order valence-electron chi connectivity index (χ2n) is 6.01. The first-order chi connectivity index (χ1) is 10.8. The maximum Gasteiger partial charge on any atom is 0.413 e. The van der Waals surface area contributed by atoms with E-state index in [1.54, 1.807) is 18.6 Å². The van der Waals surface area contributed by atoms with Crippen molar-refractivity contribution in [1.29, 1.82) is 0 Å². The largest absolute Gasteiger partial charge is 0.444 e. The molecule has 0 saturated heterocycles. The summed E-state index contributed by atoms with van der Waals surface area (Å²) in [6, 6.07) is 2.00. The van der Waals surface area contributed by atoms with E-state index in [0.717, 1.165) is 15.6 Å². The Kier molecular flexibility index (Phi) is 5.73.